The molecule has 1 fully saturated rings. The molecule has 1 saturated heterocycles. The lowest BCUT2D eigenvalue weighted by molar-refractivity contribution is -0.135. The van der Waals surface area contributed by atoms with E-state index in [1.807, 2.05) is 7.05 Å². The molecule has 4 nitrogen and oxygen atoms in total. The van der Waals surface area contributed by atoms with Crippen LogP contribution >= 0.6 is 0 Å². The van der Waals surface area contributed by atoms with Crippen LogP contribution in [0.25, 0.3) is 0 Å². The SMILES string of the molecule is CCCCN(C)C(=O)C1COCCN1. The topological polar surface area (TPSA) is 41.6 Å². The molecule has 0 aromatic carbocycles. The largest absolute Gasteiger partial charge is 0.378 e. The van der Waals surface area contributed by atoms with Crippen molar-refractivity contribution >= 4 is 5.91 Å². The van der Waals surface area contributed by atoms with Gasteiger partial charge in [0.05, 0.1) is 13.2 Å². The average Bonchev–Trinajstić information content (AvgIpc) is 2.26. The molecule has 1 aliphatic heterocycles. The number of carbonyl (C=O) groups is 1. The molecule has 4 heteroatoms. The highest BCUT2D eigenvalue weighted by Gasteiger charge is 2.23. The summed E-state index contributed by atoms with van der Waals surface area (Å²) in [7, 11) is 1.86. The molecule has 1 atom stereocenters. The molecule has 0 aliphatic carbocycles. The molecule has 0 spiro atoms. The van der Waals surface area contributed by atoms with Crippen LogP contribution in [-0.2, 0) is 9.53 Å². The van der Waals surface area contributed by atoms with Crippen LogP contribution in [0, 0.1) is 0 Å². The smallest absolute Gasteiger partial charge is 0.241 e. The lowest BCUT2D eigenvalue weighted by Gasteiger charge is -2.27. The van der Waals surface area contributed by atoms with E-state index in [0.29, 0.717) is 13.2 Å². The van der Waals surface area contributed by atoms with Gasteiger partial charge in [-0.1, -0.05) is 13.3 Å². The monoisotopic (exact) mass is 200 g/mol. The van der Waals surface area contributed by atoms with Gasteiger partial charge in [-0.25, -0.2) is 0 Å². The van der Waals surface area contributed by atoms with E-state index in [1.54, 1.807) is 4.90 Å². The van der Waals surface area contributed by atoms with Gasteiger partial charge < -0.3 is 15.0 Å². The van der Waals surface area contributed by atoms with Gasteiger partial charge >= 0.3 is 0 Å². The number of amides is 1. The van der Waals surface area contributed by atoms with Crippen LogP contribution in [0.15, 0.2) is 0 Å². The Hall–Kier alpha value is -0.610. The Kier molecular flexibility index (Phi) is 4.90. The quantitative estimate of drug-likeness (QED) is 0.706. The fraction of sp³-hybridized carbons (Fsp3) is 0.900. The summed E-state index contributed by atoms with van der Waals surface area (Å²) in [5.41, 5.74) is 0. The Bertz CT molecular complexity index is 179. The van der Waals surface area contributed by atoms with Crippen molar-refractivity contribution in [3.8, 4) is 0 Å². The third-order valence-electron chi connectivity index (χ3n) is 2.44. The Labute approximate surface area is 85.6 Å². The zero-order chi connectivity index (χ0) is 10.4. The second-order valence-corrected chi connectivity index (χ2v) is 3.69. The van der Waals surface area contributed by atoms with E-state index in [1.165, 1.54) is 0 Å². The van der Waals surface area contributed by atoms with Crippen molar-refractivity contribution in [3.05, 3.63) is 0 Å². The highest BCUT2D eigenvalue weighted by molar-refractivity contribution is 5.81. The van der Waals surface area contributed by atoms with Crippen molar-refractivity contribution < 1.29 is 9.53 Å². The van der Waals surface area contributed by atoms with Crippen LogP contribution in [0.5, 0.6) is 0 Å². The van der Waals surface area contributed by atoms with E-state index in [4.69, 9.17) is 4.74 Å². The van der Waals surface area contributed by atoms with Crippen LogP contribution in [0.4, 0.5) is 0 Å². The van der Waals surface area contributed by atoms with E-state index in [-0.39, 0.29) is 11.9 Å². The zero-order valence-electron chi connectivity index (χ0n) is 9.08. The molecule has 0 radical (unpaired) electrons. The molecule has 1 unspecified atom stereocenters. The fourth-order valence-corrected chi connectivity index (χ4v) is 1.50. The van der Waals surface area contributed by atoms with E-state index in [2.05, 4.69) is 12.2 Å². The summed E-state index contributed by atoms with van der Waals surface area (Å²) in [6.45, 7) is 4.96. The summed E-state index contributed by atoms with van der Waals surface area (Å²) < 4.78 is 5.25. The van der Waals surface area contributed by atoms with Gasteiger partial charge in [0.1, 0.15) is 6.04 Å². The molecule has 1 aliphatic rings. The lowest BCUT2D eigenvalue weighted by Crippen LogP contribution is -2.51. The van der Waals surface area contributed by atoms with Crippen LogP contribution in [0.2, 0.25) is 0 Å². The second-order valence-electron chi connectivity index (χ2n) is 3.69. The molecule has 1 rings (SSSR count). The number of nitrogens with one attached hydrogen (secondary N) is 1. The predicted molar refractivity (Wildman–Crippen MR) is 55.2 cm³/mol. The molecule has 1 heterocycles. The molecule has 82 valence electrons. The maximum absolute atomic E-state index is 11.8. The number of carbonyl (C=O) groups excluding carboxylic acids is 1. The molecular formula is C10H20N2O2. The van der Waals surface area contributed by atoms with Gasteiger partial charge in [0, 0.05) is 20.1 Å². The van der Waals surface area contributed by atoms with Crippen LogP contribution in [0.1, 0.15) is 19.8 Å². The summed E-state index contributed by atoms with van der Waals surface area (Å²) in [6, 6.07) is -0.134. The standard InChI is InChI=1S/C10H20N2O2/c1-3-4-6-12(2)10(13)9-8-14-7-5-11-9/h9,11H,3-8H2,1-2H3. The number of likely N-dealkylation sites (N-methyl/N-ethyl adjacent to an activating group) is 1. The molecule has 0 saturated carbocycles. The van der Waals surface area contributed by atoms with E-state index in [0.717, 1.165) is 25.9 Å². The molecule has 1 N–H and O–H groups in total. The Balaban J connectivity index is 2.30. The third-order valence-corrected chi connectivity index (χ3v) is 2.44. The van der Waals surface area contributed by atoms with Crippen LogP contribution < -0.4 is 5.32 Å². The van der Waals surface area contributed by atoms with E-state index >= 15 is 0 Å². The number of ether oxygens (including phenoxy) is 1. The third kappa shape index (κ3) is 3.27. The Morgan fingerprint density at radius 2 is 2.43 bits per heavy atom. The number of hydrogen-bond acceptors (Lipinski definition) is 3. The van der Waals surface area contributed by atoms with E-state index in [9.17, 15) is 4.79 Å². The number of morpholine rings is 1. The van der Waals surface area contributed by atoms with Crippen molar-refractivity contribution in [2.24, 2.45) is 0 Å². The summed E-state index contributed by atoms with van der Waals surface area (Å²) in [4.78, 5) is 13.6. The van der Waals surface area contributed by atoms with Gasteiger partial charge in [0.2, 0.25) is 5.91 Å². The number of rotatable bonds is 4. The Morgan fingerprint density at radius 3 is 3.00 bits per heavy atom. The van der Waals surface area contributed by atoms with Gasteiger partial charge in [-0.2, -0.15) is 0 Å². The van der Waals surface area contributed by atoms with Crippen molar-refractivity contribution in [2.45, 2.75) is 25.8 Å². The molecular weight excluding hydrogens is 180 g/mol. The molecule has 0 bridgehead atoms. The van der Waals surface area contributed by atoms with Crippen molar-refractivity contribution in [1.82, 2.24) is 10.2 Å². The predicted octanol–water partition coefficient (Wildman–Crippen LogP) is 0.233. The van der Waals surface area contributed by atoms with Gasteiger partial charge in [-0.15, -0.1) is 0 Å². The molecule has 14 heavy (non-hydrogen) atoms. The fourth-order valence-electron chi connectivity index (χ4n) is 1.50. The van der Waals surface area contributed by atoms with Gasteiger partial charge in [-0.05, 0) is 6.42 Å². The molecule has 0 aromatic heterocycles. The minimum absolute atomic E-state index is 0.134. The summed E-state index contributed by atoms with van der Waals surface area (Å²) in [5.74, 6) is 0.151. The van der Waals surface area contributed by atoms with Crippen molar-refractivity contribution in [2.75, 3.05) is 33.4 Å². The maximum Gasteiger partial charge on any atom is 0.241 e. The van der Waals surface area contributed by atoms with Crippen LogP contribution in [0.3, 0.4) is 0 Å². The number of hydrogen-bond donors (Lipinski definition) is 1. The maximum atomic E-state index is 11.8. The first kappa shape index (κ1) is 11.5. The lowest BCUT2D eigenvalue weighted by atomic mass is 10.2. The average molecular weight is 200 g/mol. The highest BCUT2D eigenvalue weighted by atomic mass is 16.5. The second kappa shape index (κ2) is 5.98. The van der Waals surface area contributed by atoms with Gasteiger partial charge in [0.15, 0.2) is 0 Å². The van der Waals surface area contributed by atoms with Gasteiger partial charge in [0.25, 0.3) is 0 Å². The molecule has 1 amide bonds. The molecule has 0 aromatic rings. The first-order valence-corrected chi connectivity index (χ1v) is 5.31. The minimum Gasteiger partial charge on any atom is -0.378 e. The van der Waals surface area contributed by atoms with E-state index < -0.39 is 0 Å². The number of unbranched alkanes of at least 4 members (excludes halogenated alkanes) is 1. The zero-order valence-corrected chi connectivity index (χ0v) is 9.08. The summed E-state index contributed by atoms with van der Waals surface area (Å²) >= 11 is 0. The summed E-state index contributed by atoms with van der Waals surface area (Å²) in [6.07, 6.45) is 2.18. The first-order chi connectivity index (χ1) is 6.75. The van der Waals surface area contributed by atoms with Crippen molar-refractivity contribution in [1.29, 1.82) is 0 Å². The van der Waals surface area contributed by atoms with Gasteiger partial charge in [-0.3, -0.25) is 4.79 Å². The number of nitrogens with zero attached hydrogens (tertiary/aromatic N) is 1. The first-order valence-electron chi connectivity index (χ1n) is 5.31. The summed E-state index contributed by atoms with van der Waals surface area (Å²) in [5, 5.41) is 3.16. The van der Waals surface area contributed by atoms with Crippen molar-refractivity contribution in [3.63, 3.8) is 0 Å². The van der Waals surface area contributed by atoms with Crippen LogP contribution in [-0.4, -0.2) is 50.2 Å². The Morgan fingerprint density at radius 1 is 1.64 bits per heavy atom. The highest BCUT2D eigenvalue weighted by Crippen LogP contribution is 2.00. The minimum atomic E-state index is -0.134. The normalized spacial score (nSPS) is 22.0.